The first-order valence-corrected chi connectivity index (χ1v) is 5.33. The largest absolute Gasteiger partial charge is 0.385 e. The summed E-state index contributed by atoms with van der Waals surface area (Å²) in [5, 5.41) is 0. The molecule has 0 aliphatic heterocycles. The molecule has 0 aliphatic carbocycles. The van der Waals surface area contributed by atoms with E-state index in [0.717, 1.165) is 13.0 Å². The van der Waals surface area contributed by atoms with Gasteiger partial charge in [-0.3, -0.25) is 0 Å². The molecule has 0 aromatic rings. The first-order chi connectivity index (χ1) is 6.91. The molecule has 0 saturated carbocycles. The predicted molar refractivity (Wildman–Crippen MR) is 56.8 cm³/mol. The lowest BCUT2D eigenvalue weighted by molar-refractivity contribution is -0.00300. The first kappa shape index (κ1) is 13.9. The molecule has 0 saturated heterocycles. The van der Waals surface area contributed by atoms with Crippen molar-refractivity contribution in [1.29, 1.82) is 0 Å². The molecule has 0 spiro atoms. The predicted octanol–water partition coefficient (Wildman–Crippen LogP) is 2.76. The van der Waals surface area contributed by atoms with E-state index in [2.05, 4.69) is 0 Å². The molecule has 0 heterocycles. The van der Waals surface area contributed by atoms with Crippen LogP contribution in [0, 0.1) is 6.61 Å². The zero-order valence-corrected chi connectivity index (χ0v) is 9.46. The highest BCUT2D eigenvalue weighted by Gasteiger charge is 1.92. The third kappa shape index (κ3) is 11.9. The number of rotatable bonds is 11. The number of ether oxygens (including phenoxy) is 3. The van der Waals surface area contributed by atoms with E-state index in [-0.39, 0.29) is 0 Å². The summed E-state index contributed by atoms with van der Waals surface area (Å²) < 4.78 is 14.8. The van der Waals surface area contributed by atoms with Crippen LogP contribution in [0.4, 0.5) is 0 Å². The molecule has 0 N–H and O–H groups in total. The van der Waals surface area contributed by atoms with Gasteiger partial charge < -0.3 is 14.2 Å². The van der Waals surface area contributed by atoms with E-state index in [1.165, 1.54) is 32.1 Å². The molecule has 85 valence electrons. The number of methoxy groups -OCH3 is 2. The van der Waals surface area contributed by atoms with Crippen molar-refractivity contribution < 1.29 is 14.2 Å². The minimum absolute atomic E-state index is 0.369. The van der Waals surface area contributed by atoms with Crippen LogP contribution < -0.4 is 0 Å². The molecule has 3 nitrogen and oxygen atoms in total. The monoisotopic (exact) mass is 203 g/mol. The van der Waals surface area contributed by atoms with E-state index in [1.54, 1.807) is 14.2 Å². The lowest BCUT2D eigenvalue weighted by Gasteiger charge is -2.02. The summed E-state index contributed by atoms with van der Waals surface area (Å²) in [7, 11) is 3.38. The molecular weight excluding hydrogens is 180 g/mol. The quantitative estimate of drug-likeness (QED) is 0.382. The van der Waals surface area contributed by atoms with E-state index in [1.807, 2.05) is 6.61 Å². The van der Waals surface area contributed by atoms with E-state index < -0.39 is 0 Å². The summed E-state index contributed by atoms with van der Waals surface area (Å²) in [5.74, 6) is 0. The van der Waals surface area contributed by atoms with Gasteiger partial charge in [-0.15, -0.1) is 0 Å². The van der Waals surface area contributed by atoms with Crippen LogP contribution in [0.1, 0.15) is 38.5 Å². The van der Waals surface area contributed by atoms with Crippen LogP contribution in [0.15, 0.2) is 0 Å². The molecule has 0 bridgehead atoms. The Bertz CT molecular complexity index is 84.5. The highest BCUT2D eigenvalue weighted by molar-refractivity contribution is 4.51. The summed E-state index contributed by atoms with van der Waals surface area (Å²) in [6, 6.07) is 0. The van der Waals surface area contributed by atoms with Crippen LogP contribution in [-0.4, -0.2) is 27.6 Å². The molecule has 0 atom stereocenters. The fourth-order valence-electron chi connectivity index (χ4n) is 1.20. The number of unbranched alkanes of at least 4 members (excludes halogenated alkanes) is 5. The third-order valence-corrected chi connectivity index (χ3v) is 1.97. The molecule has 0 fully saturated rings. The number of hydrogen-bond acceptors (Lipinski definition) is 3. The SMILES string of the molecule is COCCCCCCC[CH]OCOC. The average Bonchev–Trinajstić information content (AvgIpc) is 2.21. The minimum Gasteiger partial charge on any atom is -0.385 e. The Morgan fingerprint density at radius 2 is 1.57 bits per heavy atom. The fraction of sp³-hybridized carbons (Fsp3) is 0.909. The van der Waals surface area contributed by atoms with Crippen molar-refractivity contribution in [3.63, 3.8) is 0 Å². The van der Waals surface area contributed by atoms with Crippen LogP contribution in [0.5, 0.6) is 0 Å². The smallest absolute Gasteiger partial charge is 0.146 e. The zero-order valence-electron chi connectivity index (χ0n) is 9.46. The van der Waals surface area contributed by atoms with Gasteiger partial charge in [-0.05, 0) is 12.8 Å². The lowest BCUT2D eigenvalue weighted by atomic mass is 10.1. The van der Waals surface area contributed by atoms with Gasteiger partial charge >= 0.3 is 0 Å². The van der Waals surface area contributed by atoms with Gasteiger partial charge in [-0.1, -0.05) is 25.7 Å². The van der Waals surface area contributed by atoms with Crippen molar-refractivity contribution in [3.8, 4) is 0 Å². The van der Waals surface area contributed by atoms with Gasteiger partial charge in [0, 0.05) is 20.8 Å². The zero-order chi connectivity index (χ0) is 10.5. The molecular formula is C11H23O3. The second-order valence-corrected chi connectivity index (χ2v) is 3.29. The van der Waals surface area contributed by atoms with Crippen LogP contribution in [0.2, 0.25) is 0 Å². The Balaban J connectivity index is 2.78. The maximum atomic E-state index is 5.06. The van der Waals surface area contributed by atoms with Gasteiger partial charge in [0.1, 0.15) is 6.79 Å². The van der Waals surface area contributed by atoms with E-state index in [9.17, 15) is 0 Å². The summed E-state index contributed by atoms with van der Waals surface area (Å²) >= 11 is 0. The highest BCUT2D eigenvalue weighted by Crippen LogP contribution is 2.06. The Morgan fingerprint density at radius 3 is 2.29 bits per heavy atom. The lowest BCUT2D eigenvalue weighted by Crippen LogP contribution is -1.93. The van der Waals surface area contributed by atoms with Crippen LogP contribution in [-0.2, 0) is 14.2 Å². The maximum Gasteiger partial charge on any atom is 0.146 e. The van der Waals surface area contributed by atoms with Gasteiger partial charge in [-0.25, -0.2) is 0 Å². The van der Waals surface area contributed by atoms with Crippen LogP contribution >= 0.6 is 0 Å². The van der Waals surface area contributed by atoms with Crippen molar-refractivity contribution in [2.75, 3.05) is 27.6 Å². The van der Waals surface area contributed by atoms with Crippen LogP contribution in [0.25, 0.3) is 0 Å². The fourth-order valence-corrected chi connectivity index (χ4v) is 1.20. The Morgan fingerprint density at radius 1 is 0.857 bits per heavy atom. The maximum absolute atomic E-state index is 5.06. The second kappa shape index (κ2) is 12.9. The van der Waals surface area contributed by atoms with Gasteiger partial charge in [0.2, 0.25) is 0 Å². The van der Waals surface area contributed by atoms with Crippen molar-refractivity contribution >= 4 is 0 Å². The Hall–Kier alpha value is -0.120. The molecule has 0 aliphatic rings. The minimum atomic E-state index is 0.369. The normalized spacial score (nSPS) is 10.7. The molecule has 0 amide bonds. The molecule has 1 radical (unpaired) electrons. The second-order valence-electron chi connectivity index (χ2n) is 3.29. The van der Waals surface area contributed by atoms with E-state index in [0.29, 0.717) is 6.79 Å². The topological polar surface area (TPSA) is 27.7 Å². The average molecular weight is 203 g/mol. The molecule has 14 heavy (non-hydrogen) atoms. The third-order valence-electron chi connectivity index (χ3n) is 1.97. The Labute approximate surface area is 87.7 Å². The van der Waals surface area contributed by atoms with E-state index >= 15 is 0 Å². The summed E-state index contributed by atoms with van der Waals surface area (Å²) in [4.78, 5) is 0. The summed E-state index contributed by atoms with van der Waals surface area (Å²) in [6.45, 7) is 3.09. The molecule has 3 heteroatoms. The van der Waals surface area contributed by atoms with Gasteiger partial charge in [0.05, 0.1) is 6.61 Å². The molecule has 0 rings (SSSR count). The Kier molecular flexibility index (Phi) is 12.8. The van der Waals surface area contributed by atoms with Gasteiger partial charge in [-0.2, -0.15) is 0 Å². The van der Waals surface area contributed by atoms with E-state index in [4.69, 9.17) is 14.2 Å². The van der Waals surface area contributed by atoms with Crippen LogP contribution in [0.3, 0.4) is 0 Å². The van der Waals surface area contributed by atoms with Crippen molar-refractivity contribution in [1.82, 2.24) is 0 Å². The molecule has 0 unspecified atom stereocenters. The van der Waals surface area contributed by atoms with Crippen molar-refractivity contribution in [2.45, 2.75) is 38.5 Å². The summed E-state index contributed by atoms with van der Waals surface area (Å²) in [5.41, 5.74) is 0. The number of hydrogen-bond donors (Lipinski definition) is 0. The first-order valence-electron chi connectivity index (χ1n) is 5.33. The highest BCUT2D eigenvalue weighted by atomic mass is 16.7. The molecule has 0 aromatic heterocycles. The van der Waals surface area contributed by atoms with Crippen molar-refractivity contribution in [3.05, 3.63) is 6.61 Å². The standard InChI is InChI=1S/C11H23O3/c1-12-9-7-5-3-4-6-8-10-14-11-13-2/h10H,3-9,11H2,1-2H3. The van der Waals surface area contributed by atoms with Crippen molar-refractivity contribution in [2.24, 2.45) is 0 Å². The van der Waals surface area contributed by atoms with Gasteiger partial charge in [0.15, 0.2) is 0 Å². The summed E-state index contributed by atoms with van der Waals surface area (Å²) in [6.07, 6.45) is 7.25. The van der Waals surface area contributed by atoms with Gasteiger partial charge in [0.25, 0.3) is 0 Å². The molecule has 0 aromatic carbocycles.